The van der Waals surface area contributed by atoms with Crippen LogP contribution in [0.3, 0.4) is 0 Å². The summed E-state index contributed by atoms with van der Waals surface area (Å²) in [7, 11) is -9.14. The molecule has 0 spiro atoms. The van der Waals surface area contributed by atoms with Crippen molar-refractivity contribution in [3.05, 3.63) is 0 Å². The van der Waals surface area contributed by atoms with Crippen molar-refractivity contribution in [2.75, 3.05) is 0 Å². The van der Waals surface area contributed by atoms with Crippen LogP contribution in [0.25, 0.3) is 0 Å². The fraction of sp³-hybridized carbons (Fsp3) is 1.00. The van der Waals surface area contributed by atoms with E-state index in [1.54, 1.807) is 20.0 Å². The van der Waals surface area contributed by atoms with Crippen LogP contribution in [0.2, 0.25) is 38.8 Å². The van der Waals surface area contributed by atoms with E-state index in [1.807, 2.05) is 6.92 Å². The Bertz CT molecular complexity index is 368. The van der Waals surface area contributed by atoms with Crippen molar-refractivity contribution in [1.29, 1.82) is 0 Å². The second-order valence-electron chi connectivity index (χ2n) is 7.04. The van der Waals surface area contributed by atoms with Gasteiger partial charge < -0.3 is 18.1 Å². The molecule has 0 aromatic heterocycles. The Morgan fingerprint density at radius 3 is 1.73 bits per heavy atom. The van der Waals surface area contributed by atoms with Gasteiger partial charge in [-0.2, -0.15) is 13.2 Å². The summed E-state index contributed by atoms with van der Waals surface area (Å²) in [5.41, 5.74) is 0. The topological polar surface area (TPSA) is 58.9 Å². The second-order valence-corrected chi connectivity index (χ2v) is 17.9. The summed E-state index contributed by atoms with van der Waals surface area (Å²) < 4.78 is 49.4. The van der Waals surface area contributed by atoms with Gasteiger partial charge in [0.05, 0.1) is 5.22 Å². The average Bonchev–Trinajstić information content (AvgIpc) is 2.21. The van der Waals surface area contributed by atoms with Crippen LogP contribution < -0.4 is 0 Å². The molecule has 2 N–H and O–H groups in total. The summed E-state index contributed by atoms with van der Waals surface area (Å²) in [4.78, 5) is 20.4. The Morgan fingerprint density at radius 1 is 1.00 bits per heavy atom. The second kappa shape index (κ2) is 7.03. The van der Waals surface area contributed by atoms with Crippen molar-refractivity contribution >= 4 is 25.4 Å². The molecule has 0 saturated carbocycles. The maximum absolute atomic E-state index is 12.6. The van der Waals surface area contributed by atoms with Crippen LogP contribution in [0.4, 0.5) is 13.2 Å². The minimum atomic E-state index is -4.31. The lowest BCUT2D eigenvalue weighted by Gasteiger charge is -2.45. The molecule has 2 atom stereocenters. The lowest BCUT2D eigenvalue weighted by Crippen LogP contribution is -2.62. The Kier molecular flexibility index (Phi) is 7.12. The molecule has 0 bridgehead atoms. The first kappa shape index (κ1) is 22.3. The summed E-state index contributed by atoms with van der Waals surface area (Å²) in [6.07, 6.45) is -4.86. The van der Waals surface area contributed by atoms with Crippen molar-refractivity contribution in [2.24, 2.45) is 0 Å². The summed E-state index contributed by atoms with van der Waals surface area (Å²) in [6.45, 7) is 11.5. The zero-order valence-electron chi connectivity index (χ0n) is 14.5. The molecule has 4 nitrogen and oxygen atoms in total. The van der Waals surface area contributed by atoms with E-state index in [2.05, 4.69) is 0 Å². The number of rotatable bonds is 8. The first-order valence-corrected chi connectivity index (χ1v) is 15.7. The van der Waals surface area contributed by atoms with E-state index in [9.17, 15) is 22.8 Å². The van der Waals surface area contributed by atoms with E-state index in [4.69, 9.17) is 8.54 Å². The van der Waals surface area contributed by atoms with Gasteiger partial charge in [0.1, 0.15) is 0 Å². The zero-order valence-corrected chi connectivity index (χ0v) is 17.5. The highest BCUT2D eigenvalue weighted by atomic mass is 28.5. The minimum absolute atomic E-state index is 0.298. The molecule has 134 valence electrons. The molecule has 0 aromatic carbocycles. The SMILES string of the molecule is CCC(C)(O[Si](C)(CCC(F)(F)F)O[Si](C)(C)O)[Si](C)(C)O. The predicted molar refractivity (Wildman–Crippen MR) is 87.4 cm³/mol. The summed E-state index contributed by atoms with van der Waals surface area (Å²) >= 11 is 0. The highest BCUT2D eigenvalue weighted by Gasteiger charge is 2.51. The molecular formula is C12H29F3O4Si3. The van der Waals surface area contributed by atoms with Gasteiger partial charge in [0, 0.05) is 6.42 Å². The van der Waals surface area contributed by atoms with Crippen molar-refractivity contribution < 1.29 is 31.3 Å². The number of hydrogen-bond donors (Lipinski definition) is 2. The molecule has 0 fully saturated rings. The molecule has 0 saturated heterocycles. The summed E-state index contributed by atoms with van der Waals surface area (Å²) in [5.74, 6) is 0. The molecule has 0 aliphatic heterocycles. The molecule has 10 heteroatoms. The first-order chi connectivity index (χ1) is 9.43. The summed E-state index contributed by atoms with van der Waals surface area (Å²) in [5, 5.41) is -0.917. The predicted octanol–water partition coefficient (Wildman–Crippen LogP) is 3.64. The Morgan fingerprint density at radius 2 is 1.45 bits per heavy atom. The van der Waals surface area contributed by atoms with E-state index < -0.39 is 43.3 Å². The molecule has 0 aliphatic carbocycles. The Labute approximate surface area is 134 Å². The zero-order chi connectivity index (χ0) is 18.0. The van der Waals surface area contributed by atoms with Crippen LogP contribution in [-0.4, -0.2) is 46.4 Å². The highest BCUT2D eigenvalue weighted by molar-refractivity contribution is 6.80. The third-order valence-corrected chi connectivity index (χ3v) is 12.8. The van der Waals surface area contributed by atoms with Gasteiger partial charge in [-0.3, -0.25) is 0 Å². The Balaban J connectivity index is 5.40. The van der Waals surface area contributed by atoms with Crippen molar-refractivity contribution in [3.63, 3.8) is 0 Å². The smallest absolute Gasteiger partial charge is 0.389 e. The van der Waals surface area contributed by atoms with Gasteiger partial charge in [0.15, 0.2) is 0 Å². The van der Waals surface area contributed by atoms with Gasteiger partial charge in [0.25, 0.3) is 0 Å². The molecular weight excluding hydrogens is 349 g/mol. The fourth-order valence-electron chi connectivity index (χ4n) is 2.13. The average molecular weight is 379 g/mol. The van der Waals surface area contributed by atoms with E-state index in [0.717, 1.165) is 0 Å². The van der Waals surface area contributed by atoms with Crippen LogP contribution in [0.15, 0.2) is 0 Å². The Hall–Kier alpha value is 0.281. The maximum Gasteiger partial charge on any atom is 0.389 e. The van der Waals surface area contributed by atoms with Gasteiger partial charge in [0.2, 0.25) is 8.32 Å². The molecule has 0 aromatic rings. The third-order valence-electron chi connectivity index (χ3n) is 3.74. The highest BCUT2D eigenvalue weighted by Crippen LogP contribution is 2.35. The van der Waals surface area contributed by atoms with Gasteiger partial charge in [-0.15, -0.1) is 0 Å². The van der Waals surface area contributed by atoms with Crippen LogP contribution in [-0.2, 0) is 8.54 Å². The number of halogens is 3. The van der Waals surface area contributed by atoms with Crippen molar-refractivity contribution in [2.45, 2.75) is 76.9 Å². The number of alkyl halides is 3. The monoisotopic (exact) mass is 378 g/mol. The fourth-order valence-corrected chi connectivity index (χ4v) is 11.4. The molecule has 22 heavy (non-hydrogen) atoms. The first-order valence-electron chi connectivity index (χ1n) is 7.35. The molecule has 0 heterocycles. The van der Waals surface area contributed by atoms with Crippen molar-refractivity contribution in [1.82, 2.24) is 0 Å². The largest absolute Gasteiger partial charge is 0.429 e. The van der Waals surface area contributed by atoms with Gasteiger partial charge >= 0.3 is 23.3 Å². The van der Waals surface area contributed by atoms with Crippen LogP contribution in [0.1, 0.15) is 26.7 Å². The lowest BCUT2D eigenvalue weighted by atomic mass is 10.3. The molecule has 0 rings (SSSR count). The molecule has 0 amide bonds. The van der Waals surface area contributed by atoms with Crippen molar-refractivity contribution in [3.8, 4) is 0 Å². The van der Waals surface area contributed by atoms with Gasteiger partial charge in [-0.1, -0.05) is 6.92 Å². The van der Waals surface area contributed by atoms with Crippen LogP contribution in [0.5, 0.6) is 0 Å². The standard InChI is InChI=1S/C12H29F3O4Si3/c1-8-11(2,20(3,4)16)18-22(7,19-21(5,6)17)10-9-12(13,14)15/h16-17H,8-10H2,1-7H3. The van der Waals surface area contributed by atoms with E-state index in [0.29, 0.717) is 6.42 Å². The summed E-state index contributed by atoms with van der Waals surface area (Å²) in [6, 6.07) is -0.298. The lowest BCUT2D eigenvalue weighted by molar-refractivity contribution is -0.132. The number of hydrogen-bond acceptors (Lipinski definition) is 4. The van der Waals surface area contributed by atoms with Gasteiger partial charge in [-0.25, -0.2) is 0 Å². The normalized spacial score (nSPS) is 19.6. The van der Waals surface area contributed by atoms with Crippen LogP contribution >= 0.6 is 0 Å². The van der Waals surface area contributed by atoms with E-state index in [-0.39, 0.29) is 6.04 Å². The third kappa shape index (κ3) is 7.71. The molecule has 0 aliphatic rings. The molecule has 0 radical (unpaired) electrons. The van der Waals surface area contributed by atoms with E-state index in [1.165, 1.54) is 19.6 Å². The van der Waals surface area contributed by atoms with Crippen LogP contribution in [0, 0.1) is 0 Å². The minimum Gasteiger partial charge on any atom is -0.429 e. The maximum atomic E-state index is 12.6. The quantitative estimate of drug-likeness (QED) is 0.633. The van der Waals surface area contributed by atoms with E-state index >= 15 is 0 Å². The molecule has 2 unspecified atom stereocenters. The van der Waals surface area contributed by atoms with Gasteiger partial charge in [-0.05, 0) is 52.1 Å².